The predicted molar refractivity (Wildman–Crippen MR) is 151 cm³/mol. The first-order valence-corrected chi connectivity index (χ1v) is 13.0. The van der Waals surface area contributed by atoms with Gasteiger partial charge in [-0.3, -0.25) is 4.79 Å². The Morgan fingerprint density at radius 3 is 2.49 bits per heavy atom. The monoisotopic (exact) mass is 664 g/mol. The molecule has 3 rings (SSSR count). The average Bonchev–Trinajstić information content (AvgIpc) is 2.90. The van der Waals surface area contributed by atoms with Gasteiger partial charge in [-0.05, 0) is 74.2 Å². The van der Waals surface area contributed by atoms with Crippen molar-refractivity contribution in [3.8, 4) is 17.2 Å². The summed E-state index contributed by atoms with van der Waals surface area (Å²) < 4.78 is 22.9. The lowest BCUT2D eigenvalue weighted by Gasteiger charge is -2.28. The number of hydrogen-bond acceptors (Lipinski definition) is 8. The Hall–Kier alpha value is -3.84. The number of hydrazone groups is 1. The van der Waals surface area contributed by atoms with E-state index in [9.17, 15) is 14.4 Å². The zero-order valence-electron chi connectivity index (χ0n) is 21.3. The zero-order chi connectivity index (χ0) is 28.5. The highest BCUT2D eigenvalue weighted by Crippen LogP contribution is 2.35. The summed E-state index contributed by atoms with van der Waals surface area (Å²) in [5.41, 5.74) is 4.30. The summed E-state index contributed by atoms with van der Waals surface area (Å²) in [4.78, 5) is 36.7. The molecule has 0 radical (unpaired) electrons. The highest BCUT2D eigenvalue weighted by atomic mass is 79.9. The van der Waals surface area contributed by atoms with E-state index in [-0.39, 0.29) is 17.9 Å². The number of allylic oxidation sites excluding steroid dienone is 1. The van der Waals surface area contributed by atoms with E-state index in [2.05, 4.69) is 59.6 Å². The lowest BCUT2D eigenvalue weighted by Crippen LogP contribution is -2.45. The fraction of sp³-hybridized carbons (Fsp3) is 0.231. The minimum atomic E-state index is -0.769. The number of esters is 1. The van der Waals surface area contributed by atoms with E-state index in [1.54, 1.807) is 43.3 Å². The van der Waals surface area contributed by atoms with E-state index < -0.39 is 23.9 Å². The van der Waals surface area contributed by atoms with Crippen molar-refractivity contribution in [3.63, 3.8) is 0 Å². The van der Waals surface area contributed by atoms with Crippen LogP contribution in [0, 0.1) is 0 Å². The molecule has 1 heterocycles. The Labute approximate surface area is 241 Å². The molecule has 3 N–H and O–H groups in total. The highest BCUT2D eigenvalue weighted by Gasteiger charge is 2.32. The normalized spacial score (nSPS) is 14.8. The molecule has 0 saturated carbocycles. The van der Waals surface area contributed by atoms with Crippen LogP contribution in [0.15, 0.2) is 68.3 Å². The Morgan fingerprint density at radius 1 is 1.13 bits per heavy atom. The molecule has 0 fully saturated rings. The number of carbonyl (C=O) groups excluding carboxylic acids is 3. The maximum absolute atomic E-state index is 12.3. The molecule has 0 aliphatic carbocycles. The minimum Gasteiger partial charge on any atom is -0.493 e. The van der Waals surface area contributed by atoms with Crippen LogP contribution in [-0.4, -0.2) is 51.6 Å². The van der Waals surface area contributed by atoms with Crippen LogP contribution in [0.25, 0.3) is 0 Å². The van der Waals surface area contributed by atoms with Gasteiger partial charge in [0.1, 0.15) is 12.4 Å². The third kappa shape index (κ3) is 7.60. The van der Waals surface area contributed by atoms with Crippen molar-refractivity contribution in [1.29, 1.82) is 0 Å². The van der Waals surface area contributed by atoms with Gasteiger partial charge < -0.3 is 29.6 Å². The summed E-state index contributed by atoms with van der Waals surface area (Å²) in [6.45, 7) is 5.25. The Balaban J connectivity index is 1.65. The number of methoxy groups -OCH3 is 2. The molecule has 1 aliphatic rings. The van der Waals surface area contributed by atoms with Crippen molar-refractivity contribution in [2.24, 2.45) is 5.10 Å². The molecule has 2 aromatic rings. The van der Waals surface area contributed by atoms with Crippen molar-refractivity contribution in [3.05, 3.63) is 74.3 Å². The van der Waals surface area contributed by atoms with Gasteiger partial charge in [-0.15, -0.1) is 0 Å². The maximum atomic E-state index is 12.3. The molecule has 13 heteroatoms. The van der Waals surface area contributed by atoms with Crippen molar-refractivity contribution < 1.29 is 33.3 Å². The first-order chi connectivity index (χ1) is 18.7. The number of halogens is 2. The van der Waals surface area contributed by atoms with Crippen molar-refractivity contribution >= 4 is 56.0 Å². The fourth-order valence-electron chi connectivity index (χ4n) is 3.60. The number of amides is 3. The summed E-state index contributed by atoms with van der Waals surface area (Å²) >= 11 is 6.89. The SMILES string of the molecule is C=CCOc1c(Br)cc(/C=N\NC(=O)COc2ccc([C@H]3NC(=O)NC(C)=C3C(=O)OC)cc2OC)cc1Br. The molecule has 206 valence electrons. The quantitative estimate of drug-likeness (QED) is 0.142. The molecule has 0 unspecified atom stereocenters. The van der Waals surface area contributed by atoms with Crippen LogP contribution in [0.1, 0.15) is 24.1 Å². The molecule has 0 aromatic heterocycles. The van der Waals surface area contributed by atoms with Gasteiger partial charge in [-0.1, -0.05) is 18.7 Å². The van der Waals surface area contributed by atoms with E-state index in [0.717, 1.165) is 0 Å². The van der Waals surface area contributed by atoms with E-state index in [1.807, 2.05) is 0 Å². The van der Waals surface area contributed by atoms with Crippen molar-refractivity contribution in [2.45, 2.75) is 13.0 Å². The number of ether oxygens (including phenoxy) is 4. The standard InChI is InChI=1S/C26H26Br2N4O7/c1-5-8-38-24-17(27)9-15(10-18(24)28)12-29-32-21(33)13-39-19-7-6-16(11-20(19)36-3)23-22(25(34)37-4)14(2)30-26(35)31-23/h5-7,9-12,23H,1,8,13H2,2-4H3,(H,32,33)(H2,30,31,35)/b29-12-/t23-/m1/s1. The van der Waals surface area contributed by atoms with E-state index in [1.165, 1.54) is 20.4 Å². The maximum Gasteiger partial charge on any atom is 0.337 e. The van der Waals surface area contributed by atoms with E-state index in [0.29, 0.717) is 43.9 Å². The molecular weight excluding hydrogens is 640 g/mol. The third-order valence-electron chi connectivity index (χ3n) is 5.32. The number of urea groups is 1. The lowest BCUT2D eigenvalue weighted by atomic mass is 9.95. The summed E-state index contributed by atoms with van der Waals surface area (Å²) in [7, 11) is 2.69. The molecular formula is C26H26Br2N4O7. The molecule has 2 aromatic carbocycles. The lowest BCUT2D eigenvalue weighted by molar-refractivity contribution is -0.136. The van der Waals surface area contributed by atoms with Gasteiger partial charge in [0.15, 0.2) is 18.1 Å². The van der Waals surface area contributed by atoms with Crippen LogP contribution in [0.4, 0.5) is 4.79 Å². The first kappa shape index (κ1) is 29.7. The first-order valence-electron chi connectivity index (χ1n) is 11.4. The Bertz CT molecular complexity index is 1320. The highest BCUT2D eigenvalue weighted by molar-refractivity contribution is 9.11. The minimum absolute atomic E-state index is 0.253. The van der Waals surface area contributed by atoms with E-state index in [4.69, 9.17) is 18.9 Å². The summed E-state index contributed by atoms with van der Waals surface area (Å²) in [5.74, 6) is 0.118. The Kier molecular flexibility index (Phi) is 10.5. The molecule has 0 bridgehead atoms. The molecule has 0 saturated heterocycles. The topological polar surface area (TPSA) is 137 Å². The van der Waals surface area contributed by atoms with Gasteiger partial charge in [-0.2, -0.15) is 5.10 Å². The van der Waals surface area contributed by atoms with Gasteiger partial charge in [0.25, 0.3) is 5.91 Å². The zero-order valence-corrected chi connectivity index (χ0v) is 24.5. The summed E-state index contributed by atoms with van der Waals surface area (Å²) in [6.07, 6.45) is 3.12. The van der Waals surface area contributed by atoms with Crippen molar-refractivity contribution in [1.82, 2.24) is 16.1 Å². The Morgan fingerprint density at radius 2 is 1.85 bits per heavy atom. The van der Waals surface area contributed by atoms with Crippen LogP contribution >= 0.6 is 31.9 Å². The predicted octanol–water partition coefficient (Wildman–Crippen LogP) is 4.12. The molecule has 3 amide bonds. The van der Waals surface area contributed by atoms with E-state index >= 15 is 0 Å². The number of nitrogens with zero attached hydrogens (tertiary/aromatic N) is 1. The second-order valence-electron chi connectivity index (χ2n) is 7.97. The van der Waals surface area contributed by atoms with Crippen LogP contribution in [-0.2, 0) is 14.3 Å². The average molecular weight is 666 g/mol. The van der Waals surface area contributed by atoms with Crippen molar-refractivity contribution in [2.75, 3.05) is 27.4 Å². The molecule has 0 spiro atoms. The number of nitrogens with one attached hydrogen (secondary N) is 3. The molecule has 1 aliphatic heterocycles. The summed E-state index contributed by atoms with van der Waals surface area (Å²) in [6, 6.07) is 7.18. The van der Waals surface area contributed by atoms with Gasteiger partial charge in [0.2, 0.25) is 0 Å². The number of carbonyl (C=O) groups is 3. The van der Waals surface area contributed by atoms with Crippen LogP contribution < -0.4 is 30.3 Å². The van der Waals surface area contributed by atoms with Crippen LogP contribution in [0.5, 0.6) is 17.2 Å². The number of rotatable bonds is 11. The largest absolute Gasteiger partial charge is 0.493 e. The smallest absolute Gasteiger partial charge is 0.337 e. The molecule has 1 atom stereocenters. The fourth-order valence-corrected chi connectivity index (χ4v) is 5.05. The van der Waals surface area contributed by atoms with Gasteiger partial charge in [0, 0.05) is 5.70 Å². The van der Waals surface area contributed by atoms with Crippen LogP contribution in [0.2, 0.25) is 0 Å². The van der Waals surface area contributed by atoms with Gasteiger partial charge >= 0.3 is 12.0 Å². The third-order valence-corrected chi connectivity index (χ3v) is 6.50. The second kappa shape index (κ2) is 13.8. The number of hydrogen-bond donors (Lipinski definition) is 3. The van der Waals surface area contributed by atoms with Gasteiger partial charge in [-0.25, -0.2) is 15.0 Å². The second-order valence-corrected chi connectivity index (χ2v) is 9.68. The summed E-state index contributed by atoms with van der Waals surface area (Å²) in [5, 5.41) is 9.23. The molecule has 11 nitrogen and oxygen atoms in total. The number of benzene rings is 2. The molecule has 39 heavy (non-hydrogen) atoms. The van der Waals surface area contributed by atoms with Gasteiger partial charge in [0.05, 0.1) is 41.0 Å². The van der Waals surface area contributed by atoms with Crippen LogP contribution in [0.3, 0.4) is 0 Å².